The lowest BCUT2D eigenvalue weighted by Gasteiger charge is -2.45. The molecule has 0 radical (unpaired) electrons. The number of ether oxygens (including phenoxy) is 2. The molecule has 0 spiro atoms. The van der Waals surface area contributed by atoms with Crippen LogP contribution in [-0.4, -0.2) is 41.8 Å². The summed E-state index contributed by atoms with van der Waals surface area (Å²) in [6, 6.07) is 20.1. The highest BCUT2D eigenvalue weighted by Gasteiger charge is 2.44. The highest BCUT2D eigenvalue weighted by Crippen LogP contribution is 2.35. The molecule has 4 nitrogen and oxygen atoms in total. The number of aliphatic hydroxyl groups excluding tert-OH is 1. The lowest BCUT2D eigenvalue weighted by molar-refractivity contribution is -0.254. The van der Waals surface area contributed by atoms with Crippen molar-refractivity contribution in [2.75, 3.05) is 13.2 Å². The minimum atomic E-state index is -0.531. The monoisotopic (exact) mass is 343 g/mol. The van der Waals surface area contributed by atoms with E-state index < -0.39 is 12.4 Å². The zero-order valence-electron chi connectivity index (χ0n) is 13.2. The summed E-state index contributed by atoms with van der Waals surface area (Å²) >= 11 is 1.69. The lowest BCUT2D eigenvalue weighted by atomic mass is 9.97. The normalized spacial score (nSPS) is 33.0. The molecule has 0 aliphatic carbocycles. The molecule has 0 bridgehead atoms. The van der Waals surface area contributed by atoms with E-state index in [9.17, 15) is 5.11 Å². The average Bonchev–Trinajstić information content (AvgIpc) is 2.65. The Balaban J connectivity index is 1.46. The summed E-state index contributed by atoms with van der Waals surface area (Å²) in [6.07, 6.45) is -1.21. The van der Waals surface area contributed by atoms with E-state index in [0.29, 0.717) is 6.61 Å². The van der Waals surface area contributed by atoms with Crippen molar-refractivity contribution in [3.05, 3.63) is 66.2 Å². The number of hydrogen-bond donors (Lipinski definition) is 2. The van der Waals surface area contributed by atoms with E-state index in [0.717, 1.165) is 17.0 Å². The molecule has 2 N–H and O–H groups in total. The molecule has 0 saturated carbocycles. The summed E-state index contributed by atoms with van der Waals surface area (Å²) in [5.41, 5.74) is 0.987. The van der Waals surface area contributed by atoms with E-state index >= 15 is 0 Å². The predicted octanol–water partition coefficient (Wildman–Crippen LogP) is 2.59. The molecule has 2 aliphatic rings. The summed E-state index contributed by atoms with van der Waals surface area (Å²) in [6.45, 7) is 1.29. The molecule has 0 aromatic heterocycles. The number of piperidine rings is 1. The van der Waals surface area contributed by atoms with Crippen LogP contribution in [0, 0.1) is 0 Å². The van der Waals surface area contributed by atoms with Gasteiger partial charge in [-0.25, -0.2) is 0 Å². The Labute approximate surface area is 146 Å². The van der Waals surface area contributed by atoms with Gasteiger partial charge in [0, 0.05) is 17.0 Å². The van der Waals surface area contributed by atoms with E-state index in [2.05, 4.69) is 17.4 Å². The zero-order chi connectivity index (χ0) is 16.4. The second-order valence-electron chi connectivity index (χ2n) is 6.15. The van der Waals surface area contributed by atoms with Gasteiger partial charge >= 0.3 is 0 Å². The summed E-state index contributed by atoms with van der Waals surface area (Å²) in [7, 11) is 0. The van der Waals surface area contributed by atoms with Crippen molar-refractivity contribution >= 4 is 11.8 Å². The van der Waals surface area contributed by atoms with Crippen LogP contribution in [0.5, 0.6) is 0 Å². The molecule has 2 fully saturated rings. The van der Waals surface area contributed by atoms with E-state index in [-0.39, 0.29) is 17.4 Å². The molecule has 2 aromatic rings. The van der Waals surface area contributed by atoms with Crippen LogP contribution in [0.25, 0.3) is 0 Å². The van der Waals surface area contributed by atoms with Crippen LogP contribution in [0.2, 0.25) is 0 Å². The third-order valence-electron chi connectivity index (χ3n) is 4.51. The van der Waals surface area contributed by atoms with E-state index in [1.54, 1.807) is 11.8 Å². The maximum Gasteiger partial charge on any atom is 0.184 e. The molecule has 2 saturated heterocycles. The summed E-state index contributed by atoms with van der Waals surface area (Å²) in [5, 5.41) is 14.4. The Morgan fingerprint density at radius 3 is 2.46 bits per heavy atom. The number of thioether (sulfide) groups is 1. The van der Waals surface area contributed by atoms with Crippen molar-refractivity contribution in [3.8, 4) is 0 Å². The topological polar surface area (TPSA) is 50.7 Å². The molecule has 2 aromatic carbocycles. The van der Waals surface area contributed by atoms with Crippen molar-refractivity contribution in [2.24, 2.45) is 0 Å². The Bertz CT molecular complexity index is 654. The predicted molar refractivity (Wildman–Crippen MR) is 93.9 cm³/mol. The van der Waals surface area contributed by atoms with Crippen molar-refractivity contribution in [1.82, 2.24) is 5.32 Å². The summed E-state index contributed by atoms with van der Waals surface area (Å²) in [5.74, 6) is 0. The minimum absolute atomic E-state index is 0.0348. The van der Waals surface area contributed by atoms with Gasteiger partial charge < -0.3 is 19.9 Å². The van der Waals surface area contributed by atoms with Crippen molar-refractivity contribution < 1.29 is 14.6 Å². The van der Waals surface area contributed by atoms with Crippen molar-refractivity contribution in [2.45, 2.75) is 34.7 Å². The van der Waals surface area contributed by atoms with Crippen molar-refractivity contribution in [1.29, 1.82) is 0 Å². The number of fused-ring (bicyclic) bond motifs is 1. The molecular weight excluding hydrogens is 322 g/mol. The van der Waals surface area contributed by atoms with Gasteiger partial charge in [0.1, 0.15) is 6.10 Å². The Hall–Kier alpha value is -1.37. The standard InChI is InChI=1S/C19H21NO3S/c21-17-16(24-14-9-5-2-6-10-14)11-20-15-12-22-19(23-18(15)17)13-7-3-1-4-8-13/h1-10,15-21H,11-12H2/t15?,16-,17+,18+,19+/m0/s1. The third kappa shape index (κ3) is 3.36. The van der Waals surface area contributed by atoms with Crippen LogP contribution in [0.4, 0.5) is 0 Å². The zero-order valence-corrected chi connectivity index (χ0v) is 14.1. The Morgan fingerprint density at radius 2 is 1.71 bits per heavy atom. The van der Waals surface area contributed by atoms with Gasteiger partial charge in [0.25, 0.3) is 0 Å². The van der Waals surface area contributed by atoms with Gasteiger partial charge in [-0.15, -0.1) is 11.8 Å². The van der Waals surface area contributed by atoms with Gasteiger partial charge in [-0.3, -0.25) is 0 Å². The fraction of sp³-hybridized carbons (Fsp3) is 0.368. The third-order valence-corrected chi connectivity index (χ3v) is 5.80. The second kappa shape index (κ2) is 7.25. The molecule has 2 heterocycles. The molecule has 24 heavy (non-hydrogen) atoms. The molecule has 2 aliphatic heterocycles. The van der Waals surface area contributed by atoms with Crippen LogP contribution in [0.1, 0.15) is 11.9 Å². The van der Waals surface area contributed by atoms with Gasteiger partial charge in [0.2, 0.25) is 0 Å². The van der Waals surface area contributed by atoms with E-state index in [1.807, 2.05) is 48.5 Å². The first kappa shape index (κ1) is 16.1. The highest BCUT2D eigenvalue weighted by molar-refractivity contribution is 8.00. The highest BCUT2D eigenvalue weighted by atomic mass is 32.2. The van der Waals surface area contributed by atoms with Gasteiger partial charge in [0.15, 0.2) is 6.29 Å². The largest absolute Gasteiger partial charge is 0.389 e. The molecule has 5 atom stereocenters. The quantitative estimate of drug-likeness (QED) is 0.897. The van der Waals surface area contributed by atoms with Gasteiger partial charge in [0.05, 0.1) is 24.0 Å². The summed E-state index contributed by atoms with van der Waals surface area (Å²) < 4.78 is 11.9. The minimum Gasteiger partial charge on any atom is -0.389 e. The van der Waals surface area contributed by atoms with Crippen LogP contribution < -0.4 is 5.32 Å². The number of rotatable bonds is 3. The first-order valence-electron chi connectivity index (χ1n) is 8.26. The van der Waals surface area contributed by atoms with Crippen LogP contribution in [0.15, 0.2) is 65.6 Å². The number of hydrogen-bond acceptors (Lipinski definition) is 5. The second-order valence-corrected chi connectivity index (χ2v) is 7.46. The lowest BCUT2D eigenvalue weighted by Crippen LogP contribution is -2.63. The SMILES string of the molecule is O[C@@H]1[C@@H](Sc2ccccc2)CNC2CO[C@@H](c3ccccc3)O[C@H]21. The first-order valence-corrected chi connectivity index (χ1v) is 9.14. The number of nitrogens with one attached hydrogen (secondary N) is 1. The average molecular weight is 343 g/mol. The van der Waals surface area contributed by atoms with Gasteiger partial charge in [-0.05, 0) is 12.1 Å². The van der Waals surface area contributed by atoms with Crippen molar-refractivity contribution in [3.63, 3.8) is 0 Å². The number of benzene rings is 2. The molecule has 0 amide bonds. The van der Waals surface area contributed by atoms with Gasteiger partial charge in [-0.2, -0.15) is 0 Å². The molecule has 4 rings (SSSR count). The van der Waals surface area contributed by atoms with E-state index in [4.69, 9.17) is 9.47 Å². The molecule has 1 unspecified atom stereocenters. The smallest absolute Gasteiger partial charge is 0.184 e. The summed E-state index contributed by atoms with van der Waals surface area (Å²) in [4.78, 5) is 1.16. The first-order chi connectivity index (χ1) is 11.8. The molecule has 126 valence electrons. The van der Waals surface area contributed by atoms with Gasteiger partial charge in [-0.1, -0.05) is 48.5 Å². The number of aliphatic hydroxyl groups is 1. The molecular formula is C19H21NO3S. The maximum absolute atomic E-state index is 10.8. The molecule has 5 heteroatoms. The van der Waals surface area contributed by atoms with Crippen LogP contribution >= 0.6 is 11.8 Å². The van der Waals surface area contributed by atoms with Crippen LogP contribution in [-0.2, 0) is 9.47 Å². The fourth-order valence-electron chi connectivity index (χ4n) is 3.23. The fourth-order valence-corrected chi connectivity index (χ4v) is 4.36. The maximum atomic E-state index is 10.8. The van der Waals surface area contributed by atoms with E-state index in [1.165, 1.54) is 0 Å². The Kier molecular flexibility index (Phi) is 4.87. The Morgan fingerprint density at radius 1 is 1.00 bits per heavy atom. The van der Waals surface area contributed by atoms with Crippen LogP contribution in [0.3, 0.4) is 0 Å².